The van der Waals surface area contributed by atoms with E-state index >= 15 is 0 Å². The second kappa shape index (κ2) is 15.2. The molecule has 1 heterocycles. The Balaban J connectivity index is 1.35. The van der Waals surface area contributed by atoms with Crippen molar-refractivity contribution >= 4 is 11.4 Å². The molecule has 0 aliphatic rings. The zero-order valence-corrected chi connectivity index (χ0v) is 28.3. The van der Waals surface area contributed by atoms with E-state index in [4.69, 9.17) is 15.0 Å². The van der Waals surface area contributed by atoms with Gasteiger partial charge in [0.1, 0.15) is 0 Å². The van der Waals surface area contributed by atoms with Crippen molar-refractivity contribution in [1.82, 2.24) is 15.0 Å². The lowest BCUT2D eigenvalue weighted by molar-refractivity contribution is 0.102. The largest absolute Gasteiger partial charge is 0.285 e. The number of hydrogen-bond acceptors (Lipinski definition) is 4. The molecule has 6 aromatic carbocycles. The molecular weight excluding hydrogens is 623 g/mol. The minimum absolute atomic E-state index is 0.0890. The molecule has 0 atom stereocenters. The van der Waals surface area contributed by atoms with Gasteiger partial charge in [-0.05, 0) is 69.6 Å². The van der Waals surface area contributed by atoms with Crippen LogP contribution in [-0.4, -0.2) is 20.7 Å². The van der Waals surface area contributed by atoms with Crippen molar-refractivity contribution in [2.45, 2.75) is 6.92 Å². The lowest BCUT2D eigenvalue weighted by Gasteiger charge is -2.12. The summed E-state index contributed by atoms with van der Waals surface area (Å²) in [5.41, 5.74) is 10.3. The third kappa shape index (κ3) is 7.46. The minimum atomic E-state index is -0.281. The van der Waals surface area contributed by atoms with Gasteiger partial charge >= 0.3 is 0 Å². The number of allylic oxidation sites excluding steroid dienone is 5. The van der Waals surface area contributed by atoms with E-state index in [1.165, 1.54) is 0 Å². The third-order valence-corrected chi connectivity index (χ3v) is 8.62. The normalized spacial score (nSPS) is 11.4. The highest BCUT2D eigenvalue weighted by Gasteiger charge is 2.20. The van der Waals surface area contributed by atoms with Gasteiger partial charge in [-0.1, -0.05) is 170 Å². The zero-order chi connectivity index (χ0) is 35.0. The van der Waals surface area contributed by atoms with Gasteiger partial charge in [0.05, 0.1) is 0 Å². The molecule has 0 radical (unpaired) electrons. The Morgan fingerprint density at radius 2 is 0.922 bits per heavy atom. The molecule has 0 saturated carbocycles. The van der Waals surface area contributed by atoms with Gasteiger partial charge in [-0.3, -0.25) is 4.79 Å². The Bertz CT molecular complexity index is 2300. The molecule has 0 fully saturated rings. The van der Waals surface area contributed by atoms with Gasteiger partial charge in [-0.2, -0.15) is 0 Å². The summed E-state index contributed by atoms with van der Waals surface area (Å²) >= 11 is 0. The van der Waals surface area contributed by atoms with Crippen LogP contribution in [0.25, 0.3) is 61.7 Å². The SMILES string of the molecule is C=C/C=C(\C=C/C)c1ccc(-c2cc(C(=O)c3nc(-c4ccccc4)nc(-c4ccccc4)n3)cc(-c3ccc(-c4ccccc4)cc3)c2)cc1. The molecule has 1 aromatic heterocycles. The summed E-state index contributed by atoms with van der Waals surface area (Å²) in [5.74, 6) is 0.698. The van der Waals surface area contributed by atoms with E-state index in [0.29, 0.717) is 17.2 Å². The number of benzene rings is 6. The first-order chi connectivity index (χ1) is 25.1. The van der Waals surface area contributed by atoms with Crippen molar-refractivity contribution in [2.75, 3.05) is 0 Å². The maximum Gasteiger partial charge on any atom is 0.230 e. The van der Waals surface area contributed by atoms with Gasteiger partial charge in [0.15, 0.2) is 11.6 Å². The van der Waals surface area contributed by atoms with Crippen LogP contribution < -0.4 is 0 Å². The summed E-state index contributed by atoms with van der Waals surface area (Å²) in [7, 11) is 0. The maximum atomic E-state index is 14.5. The molecule has 0 amide bonds. The molecule has 7 rings (SSSR count). The molecule has 0 unspecified atom stereocenters. The highest BCUT2D eigenvalue weighted by atomic mass is 16.1. The first-order valence-electron chi connectivity index (χ1n) is 16.9. The Hall–Kier alpha value is -6.78. The minimum Gasteiger partial charge on any atom is -0.285 e. The van der Waals surface area contributed by atoms with Crippen molar-refractivity contribution in [3.8, 4) is 56.2 Å². The van der Waals surface area contributed by atoms with Crippen molar-refractivity contribution in [1.29, 1.82) is 0 Å². The number of carbonyl (C=O) groups is 1. The summed E-state index contributed by atoms with van der Waals surface area (Å²) in [6.07, 6.45) is 7.87. The van der Waals surface area contributed by atoms with Gasteiger partial charge in [0.2, 0.25) is 11.6 Å². The smallest absolute Gasteiger partial charge is 0.230 e. The van der Waals surface area contributed by atoms with Crippen molar-refractivity contribution in [3.63, 3.8) is 0 Å². The zero-order valence-electron chi connectivity index (χ0n) is 28.3. The van der Waals surface area contributed by atoms with Crippen LogP contribution in [0.15, 0.2) is 189 Å². The van der Waals surface area contributed by atoms with Crippen molar-refractivity contribution < 1.29 is 4.79 Å². The van der Waals surface area contributed by atoms with Crippen LogP contribution in [-0.2, 0) is 0 Å². The first-order valence-corrected chi connectivity index (χ1v) is 16.9. The van der Waals surface area contributed by atoms with E-state index in [0.717, 1.165) is 55.6 Å². The molecule has 4 heteroatoms. The Kier molecular flexibility index (Phi) is 9.75. The topological polar surface area (TPSA) is 55.7 Å². The van der Waals surface area contributed by atoms with Gasteiger partial charge in [-0.15, -0.1) is 0 Å². The third-order valence-electron chi connectivity index (χ3n) is 8.62. The molecule has 0 saturated heterocycles. The number of nitrogens with zero attached hydrogens (tertiary/aromatic N) is 3. The molecule has 244 valence electrons. The Morgan fingerprint density at radius 3 is 1.39 bits per heavy atom. The van der Waals surface area contributed by atoms with Crippen LogP contribution in [0.4, 0.5) is 0 Å². The van der Waals surface area contributed by atoms with Crippen LogP contribution in [0.3, 0.4) is 0 Å². The van der Waals surface area contributed by atoms with E-state index in [1.807, 2.05) is 110 Å². The second-order valence-electron chi connectivity index (χ2n) is 12.0. The summed E-state index contributed by atoms with van der Waals surface area (Å²) in [5, 5.41) is 0. The summed E-state index contributed by atoms with van der Waals surface area (Å²) in [6, 6.07) is 52.5. The molecule has 0 aliphatic carbocycles. The van der Waals surface area contributed by atoms with Gasteiger partial charge in [-0.25, -0.2) is 15.0 Å². The average molecular weight is 658 g/mol. The van der Waals surface area contributed by atoms with Gasteiger partial charge < -0.3 is 0 Å². The molecule has 4 nitrogen and oxygen atoms in total. The van der Waals surface area contributed by atoms with E-state index in [2.05, 4.69) is 79.4 Å². The summed E-state index contributed by atoms with van der Waals surface area (Å²) in [4.78, 5) is 28.8. The van der Waals surface area contributed by atoms with Gasteiger partial charge in [0, 0.05) is 16.7 Å². The number of carbonyl (C=O) groups excluding carboxylic acids is 1. The number of rotatable bonds is 10. The molecule has 0 N–H and O–H groups in total. The second-order valence-corrected chi connectivity index (χ2v) is 12.0. The predicted octanol–water partition coefficient (Wildman–Crippen LogP) is 11.6. The maximum absolute atomic E-state index is 14.5. The van der Waals surface area contributed by atoms with Crippen LogP contribution in [0.5, 0.6) is 0 Å². The monoisotopic (exact) mass is 657 g/mol. The van der Waals surface area contributed by atoms with E-state index in [9.17, 15) is 4.79 Å². The molecule has 7 aromatic rings. The molecule has 0 bridgehead atoms. The lowest BCUT2D eigenvalue weighted by Crippen LogP contribution is -2.11. The van der Waals surface area contributed by atoms with Crippen LogP contribution in [0, 0.1) is 0 Å². The standard InChI is InChI=1S/C47H35N3O/c1-3-14-33(15-4-2)35-22-26-37(27-23-35)41-30-42(38-28-24-36(25-29-38)34-16-8-5-9-17-34)32-43(31-41)44(51)47-49-45(39-18-10-6-11-19-39)48-46(50-47)40-20-12-7-13-21-40/h3-32H,1H2,2H3/b15-4-,33-14+. The van der Waals surface area contributed by atoms with E-state index < -0.39 is 0 Å². The quantitative estimate of drug-likeness (QED) is 0.108. The highest BCUT2D eigenvalue weighted by Crippen LogP contribution is 2.32. The number of aromatic nitrogens is 3. The van der Waals surface area contributed by atoms with Crippen LogP contribution >= 0.6 is 0 Å². The molecular formula is C47H35N3O. The average Bonchev–Trinajstić information content (AvgIpc) is 3.21. The molecule has 0 aliphatic heterocycles. The lowest BCUT2D eigenvalue weighted by atomic mass is 9.92. The Labute approximate surface area is 298 Å². The van der Waals surface area contributed by atoms with Crippen LogP contribution in [0.1, 0.15) is 28.7 Å². The highest BCUT2D eigenvalue weighted by molar-refractivity contribution is 6.08. The summed E-state index contributed by atoms with van der Waals surface area (Å²) in [6.45, 7) is 5.87. The predicted molar refractivity (Wildman–Crippen MR) is 210 cm³/mol. The summed E-state index contributed by atoms with van der Waals surface area (Å²) < 4.78 is 0. The van der Waals surface area contributed by atoms with E-state index in [-0.39, 0.29) is 11.6 Å². The van der Waals surface area contributed by atoms with Crippen LogP contribution in [0.2, 0.25) is 0 Å². The van der Waals surface area contributed by atoms with E-state index in [1.54, 1.807) is 6.08 Å². The fourth-order valence-electron chi connectivity index (χ4n) is 6.03. The number of hydrogen-bond donors (Lipinski definition) is 0. The van der Waals surface area contributed by atoms with Crippen molar-refractivity contribution in [2.24, 2.45) is 0 Å². The fourth-order valence-corrected chi connectivity index (χ4v) is 6.03. The fraction of sp³-hybridized carbons (Fsp3) is 0.0213. The van der Waals surface area contributed by atoms with Gasteiger partial charge in [0.25, 0.3) is 0 Å². The number of ketones is 1. The molecule has 51 heavy (non-hydrogen) atoms. The first kappa shape index (κ1) is 32.8. The molecule has 0 spiro atoms. The van der Waals surface area contributed by atoms with Crippen molar-refractivity contribution in [3.05, 3.63) is 206 Å². The Morgan fingerprint density at radius 1 is 0.490 bits per heavy atom.